The summed E-state index contributed by atoms with van der Waals surface area (Å²) in [6.45, 7) is 11.6. The van der Waals surface area contributed by atoms with Crippen LogP contribution in [0.3, 0.4) is 0 Å². The van der Waals surface area contributed by atoms with Gasteiger partial charge in [0, 0.05) is 19.7 Å². The maximum atomic E-state index is 9.85. The Labute approximate surface area is 94.4 Å². The van der Waals surface area contributed by atoms with E-state index in [1.165, 1.54) is 0 Å². The summed E-state index contributed by atoms with van der Waals surface area (Å²) in [6, 6.07) is 0. The lowest BCUT2D eigenvalue weighted by Crippen LogP contribution is -2.32. The molecule has 1 unspecified atom stereocenters. The van der Waals surface area contributed by atoms with E-state index in [2.05, 4.69) is 32.7 Å². The van der Waals surface area contributed by atoms with Crippen LogP contribution >= 0.6 is 0 Å². The fraction of sp³-hybridized carbons (Fsp3) is 1.00. The largest absolute Gasteiger partial charge is 0.393 e. The summed E-state index contributed by atoms with van der Waals surface area (Å²) in [5.74, 6) is 0. The van der Waals surface area contributed by atoms with Gasteiger partial charge in [-0.05, 0) is 25.8 Å². The second-order valence-electron chi connectivity index (χ2n) is 5.17. The van der Waals surface area contributed by atoms with Crippen LogP contribution in [0.4, 0.5) is 0 Å². The van der Waals surface area contributed by atoms with Crippen LogP contribution in [-0.2, 0) is 4.74 Å². The molecule has 3 heteroatoms. The third-order valence-electron chi connectivity index (χ3n) is 2.61. The van der Waals surface area contributed by atoms with Crippen LogP contribution in [-0.4, -0.2) is 49.5 Å². The van der Waals surface area contributed by atoms with Crippen LogP contribution < -0.4 is 0 Å². The van der Waals surface area contributed by atoms with Crippen molar-refractivity contribution in [3.8, 4) is 0 Å². The Morgan fingerprint density at radius 1 is 1.27 bits per heavy atom. The Bertz CT molecular complexity index is 154. The molecule has 1 N–H and O–H groups in total. The highest BCUT2D eigenvalue weighted by Gasteiger charge is 2.21. The van der Waals surface area contributed by atoms with E-state index in [0.717, 1.165) is 32.7 Å². The number of nitrogens with zero attached hydrogens (tertiary/aromatic N) is 1. The summed E-state index contributed by atoms with van der Waals surface area (Å²) >= 11 is 0. The first-order valence-corrected chi connectivity index (χ1v) is 5.82. The minimum absolute atomic E-state index is 0.0131. The van der Waals surface area contributed by atoms with Crippen LogP contribution in [0.1, 0.15) is 34.1 Å². The molecule has 0 amide bonds. The third kappa shape index (κ3) is 7.77. The fourth-order valence-corrected chi connectivity index (χ4v) is 1.25. The van der Waals surface area contributed by atoms with Gasteiger partial charge in [-0.2, -0.15) is 0 Å². The molecule has 92 valence electrons. The number of rotatable bonds is 7. The summed E-state index contributed by atoms with van der Waals surface area (Å²) in [4.78, 5) is 2.20. The SMILES string of the molecule is CCOCCN(C)CCC(O)C(C)(C)C. The molecular formula is C12H27NO2. The van der Waals surface area contributed by atoms with E-state index in [1.54, 1.807) is 0 Å². The van der Waals surface area contributed by atoms with Crippen molar-refractivity contribution in [3.05, 3.63) is 0 Å². The highest BCUT2D eigenvalue weighted by molar-refractivity contribution is 4.73. The van der Waals surface area contributed by atoms with Crippen LogP contribution in [0.15, 0.2) is 0 Å². The molecule has 0 spiro atoms. The van der Waals surface area contributed by atoms with Gasteiger partial charge in [-0.1, -0.05) is 20.8 Å². The summed E-state index contributed by atoms with van der Waals surface area (Å²) in [6.07, 6.45) is 0.596. The zero-order valence-electron chi connectivity index (χ0n) is 10.9. The predicted octanol–water partition coefficient (Wildman–Crippen LogP) is 1.75. The Hall–Kier alpha value is -0.120. The van der Waals surface area contributed by atoms with E-state index in [1.807, 2.05) is 6.92 Å². The molecule has 0 saturated carbocycles. The smallest absolute Gasteiger partial charge is 0.0600 e. The minimum atomic E-state index is -0.230. The molecule has 15 heavy (non-hydrogen) atoms. The topological polar surface area (TPSA) is 32.7 Å². The first-order valence-electron chi connectivity index (χ1n) is 5.82. The lowest BCUT2D eigenvalue weighted by atomic mass is 9.87. The normalized spacial score (nSPS) is 14.6. The van der Waals surface area contributed by atoms with Crippen molar-refractivity contribution in [1.29, 1.82) is 0 Å². The van der Waals surface area contributed by atoms with Gasteiger partial charge in [0.15, 0.2) is 0 Å². The summed E-state index contributed by atoms with van der Waals surface area (Å²) in [7, 11) is 2.06. The molecule has 0 aromatic carbocycles. The average Bonchev–Trinajstić information content (AvgIpc) is 2.13. The van der Waals surface area contributed by atoms with Gasteiger partial charge >= 0.3 is 0 Å². The number of aliphatic hydroxyl groups is 1. The van der Waals surface area contributed by atoms with Crippen molar-refractivity contribution in [3.63, 3.8) is 0 Å². The molecule has 0 aromatic heterocycles. The molecule has 3 nitrogen and oxygen atoms in total. The zero-order valence-corrected chi connectivity index (χ0v) is 10.9. The molecule has 0 radical (unpaired) electrons. The Balaban J connectivity index is 3.57. The van der Waals surface area contributed by atoms with Crippen molar-refractivity contribution >= 4 is 0 Å². The molecular weight excluding hydrogens is 190 g/mol. The quantitative estimate of drug-likeness (QED) is 0.660. The molecule has 0 bridgehead atoms. The highest BCUT2D eigenvalue weighted by Crippen LogP contribution is 2.21. The standard InChI is InChI=1S/C12H27NO2/c1-6-15-10-9-13(5)8-7-11(14)12(2,3)4/h11,14H,6-10H2,1-5H3. The fourth-order valence-electron chi connectivity index (χ4n) is 1.25. The van der Waals surface area contributed by atoms with Crippen molar-refractivity contribution in [1.82, 2.24) is 4.90 Å². The molecule has 0 aliphatic heterocycles. The summed E-state index contributed by atoms with van der Waals surface area (Å²) in [5, 5.41) is 9.85. The van der Waals surface area contributed by atoms with Gasteiger partial charge in [0.25, 0.3) is 0 Å². The lowest BCUT2D eigenvalue weighted by Gasteiger charge is -2.27. The van der Waals surface area contributed by atoms with Crippen molar-refractivity contribution < 1.29 is 9.84 Å². The summed E-state index contributed by atoms with van der Waals surface area (Å²) < 4.78 is 5.27. The van der Waals surface area contributed by atoms with Crippen molar-refractivity contribution in [2.24, 2.45) is 5.41 Å². The van der Waals surface area contributed by atoms with Gasteiger partial charge in [-0.25, -0.2) is 0 Å². The Morgan fingerprint density at radius 3 is 2.33 bits per heavy atom. The van der Waals surface area contributed by atoms with Gasteiger partial charge in [-0.15, -0.1) is 0 Å². The Morgan fingerprint density at radius 2 is 1.87 bits per heavy atom. The molecule has 0 fully saturated rings. The first kappa shape index (κ1) is 14.9. The van der Waals surface area contributed by atoms with Gasteiger partial charge < -0.3 is 14.7 Å². The number of likely N-dealkylation sites (N-methyl/N-ethyl adjacent to an activating group) is 1. The first-order chi connectivity index (χ1) is 6.88. The zero-order chi connectivity index (χ0) is 11.9. The van der Waals surface area contributed by atoms with Crippen LogP contribution in [0.2, 0.25) is 0 Å². The molecule has 0 aliphatic carbocycles. The summed E-state index contributed by atoms with van der Waals surface area (Å²) in [5.41, 5.74) is -0.0131. The van der Waals surface area contributed by atoms with Crippen molar-refractivity contribution in [2.75, 3.05) is 33.4 Å². The third-order valence-corrected chi connectivity index (χ3v) is 2.61. The van der Waals surface area contributed by atoms with Crippen LogP contribution in [0.5, 0.6) is 0 Å². The molecule has 0 aliphatic rings. The van der Waals surface area contributed by atoms with E-state index in [-0.39, 0.29) is 11.5 Å². The van der Waals surface area contributed by atoms with Gasteiger partial charge in [0.05, 0.1) is 12.7 Å². The predicted molar refractivity (Wildman–Crippen MR) is 64.1 cm³/mol. The number of hydrogen-bond acceptors (Lipinski definition) is 3. The second kappa shape index (κ2) is 7.20. The monoisotopic (exact) mass is 217 g/mol. The van der Waals surface area contributed by atoms with E-state index in [4.69, 9.17) is 4.74 Å². The van der Waals surface area contributed by atoms with E-state index in [0.29, 0.717) is 0 Å². The average molecular weight is 217 g/mol. The van der Waals surface area contributed by atoms with Crippen LogP contribution in [0, 0.1) is 5.41 Å². The highest BCUT2D eigenvalue weighted by atomic mass is 16.5. The molecule has 0 saturated heterocycles. The maximum absolute atomic E-state index is 9.85. The number of aliphatic hydroxyl groups excluding tert-OH is 1. The van der Waals surface area contributed by atoms with E-state index in [9.17, 15) is 5.11 Å². The van der Waals surface area contributed by atoms with Gasteiger partial charge in [0.2, 0.25) is 0 Å². The van der Waals surface area contributed by atoms with Gasteiger partial charge in [-0.3, -0.25) is 0 Å². The molecule has 0 rings (SSSR count). The van der Waals surface area contributed by atoms with Crippen LogP contribution in [0.25, 0.3) is 0 Å². The van der Waals surface area contributed by atoms with E-state index < -0.39 is 0 Å². The van der Waals surface area contributed by atoms with E-state index >= 15 is 0 Å². The molecule has 1 atom stereocenters. The van der Waals surface area contributed by atoms with Crippen molar-refractivity contribution in [2.45, 2.75) is 40.2 Å². The second-order valence-corrected chi connectivity index (χ2v) is 5.17. The minimum Gasteiger partial charge on any atom is -0.393 e. The number of ether oxygens (including phenoxy) is 1. The molecule has 0 heterocycles. The number of hydrogen-bond donors (Lipinski definition) is 1. The lowest BCUT2D eigenvalue weighted by molar-refractivity contribution is 0.0443. The van der Waals surface area contributed by atoms with Gasteiger partial charge in [0.1, 0.15) is 0 Å². The molecule has 0 aromatic rings. The Kier molecular flexibility index (Phi) is 7.14. The maximum Gasteiger partial charge on any atom is 0.0600 e.